The molecule has 0 bridgehead atoms. The van der Waals surface area contributed by atoms with Crippen LogP contribution in [-0.4, -0.2) is 12.1 Å². The highest BCUT2D eigenvalue weighted by Gasteiger charge is 2.14. The van der Waals surface area contributed by atoms with Crippen molar-refractivity contribution in [1.82, 2.24) is 4.98 Å². The SMILES string of the molecule is COc1cc(-c2ccccn2)cc(-c2ccccc2)c1C#N. The molecule has 3 heteroatoms. The Labute approximate surface area is 129 Å². The molecule has 22 heavy (non-hydrogen) atoms. The zero-order chi connectivity index (χ0) is 15.4. The third-order valence-electron chi connectivity index (χ3n) is 3.48. The van der Waals surface area contributed by atoms with Crippen molar-refractivity contribution in [2.45, 2.75) is 0 Å². The van der Waals surface area contributed by atoms with Crippen LogP contribution in [0.3, 0.4) is 0 Å². The minimum Gasteiger partial charge on any atom is -0.495 e. The zero-order valence-electron chi connectivity index (χ0n) is 12.2. The molecule has 0 aliphatic carbocycles. The molecular weight excluding hydrogens is 272 g/mol. The predicted molar refractivity (Wildman–Crippen MR) is 86.4 cm³/mol. The van der Waals surface area contributed by atoms with Gasteiger partial charge in [0.2, 0.25) is 0 Å². The fraction of sp³-hybridized carbons (Fsp3) is 0.0526. The quantitative estimate of drug-likeness (QED) is 0.721. The van der Waals surface area contributed by atoms with E-state index in [0.29, 0.717) is 11.3 Å². The molecule has 0 aliphatic heterocycles. The number of pyridine rings is 1. The highest BCUT2D eigenvalue weighted by molar-refractivity contribution is 5.79. The second kappa shape index (κ2) is 6.11. The van der Waals surface area contributed by atoms with Gasteiger partial charge in [-0.15, -0.1) is 0 Å². The molecule has 0 spiro atoms. The van der Waals surface area contributed by atoms with Crippen LogP contribution in [0.15, 0.2) is 66.9 Å². The van der Waals surface area contributed by atoms with Gasteiger partial charge in [-0.3, -0.25) is 4.98 Å². The van der Waals surface area contributed by atoms with Crippen LogP contribution in [0.1, 0.15) is 5.56 Å². The van der Waals surface area contributed by atoms with Gasteiger partial charge >= 0.3 is 0 Å². The normalized spacial score (nSPS) is 10.0. The van der Waals surface area contributed by atoms with E-state index in [-0.39, 0.29) is 0 Å². The average Bonchev–Trinajstić information content (AvgIpc) is 2.62. The van der Waals surface area contributed by atoms with Crippen LogP contribution in [0.2, 0.25) is 0 Å². The van der Waals surface area contributed by atoms with Crippen LogP contribution in [0.25, 0.3) is 22.4 Å². The molecular formula is C19H14N2O. The van der Waals surface area contributed by atoms with Gasteiger partial charge in [0, 0.05) is 17.3 Å². The maximum Gasteiger partial charge on any atom is 0.137 e. The van der Waals surface area contributed by atoms with Crippen LogP contribution in [-0.2, 0) is 0 Å². The lowest BCUT2D eigenvalue weighted by atomic mass is 9.95. The molecule has 2 aromatic carbocycles. The molecule has 0 atom stereocenters. The van der Waals surface area contributed by atoms with E-state index in [4.69, 9.17) is 4.74 Å². The summed E-state index contributed by atoms with van der Waals surface area (Å²) in [6.07, 6.45) is 1.75. The van der Waals surface area contributed by atoms with E-state index in [2.05, 4.69) is 11.1 Å². The van der Waals surface area contributed by atoms with Gasteiger partial charge in [0.05, 0.1) is 12.8 Å². The van der Waals surface area contributed by atoms with Crippen molar-refractivity contribution < 1.29 is 4.74 Å². The van der Waals surface area contributed by atoms with E-state index in [1.165, 1.54) is 0 Å². The molecule has 0 saturated carbocycles. The third kappa shape index (κ3) is 2.55. The zero-order valence-corrected chi connectivity index (χ0v) is 12.2. The summed E-state index contributed by atoms with van der Waals surface area (Å²) in [4.78, 5) is 4.38. The number of nitriles is 1. The number of ether oxygens (including phenoxy) is 1. The lowest BCUT2D eigenvalue weighted by Crippen LogP contribution is -1.94. The van der Waals surface area contributed by atoms with E-state index in [1.54, 1.807) is 13.3 Å². The molecule has 106 valence electrons. The van der Waals surface area contributed by atoms with Crippen LogP contribution in [0, 0.1) is 11.3 Å². The monoisotopic (exact) mass is 286 g/mol. The Morgan fingerprint density at radius 2 is 1.73 bits per heavy atom. The van der Waals surface area contributed by atoms with Gasteiger partial charge in [0.15, 0.2) is 0 Å². The van der Waals surface area contributed by atoms with E-state index in [1.807, 2.05) is 60.7 Å². The first-order valence-electron chi connectivity index (χ1n) is 6.92. The van der Waals surface area contributed by atoms with E-state index in [9.17, 15) is 5.26 Å². The molecule has 0 saturated heterocycles. The van der Waals surface area contributed by atoms with Crippen LogP contribution in [0.4, 0.5) is 0 Å². The van der Waals surface area contributed by atoms with Crippen molar-refractivity contribution in [3.63, 3.8) is 0 Å². The number of aromatic nitrogens is 1. The van der Waals surface area contributed by atoms with Crippen LogP contribution < -0.4 is 4.74 Å². The highest BCUT2D eigenvalue weighted by Crippen LogP contribution is 2.35. The summed E-state index contributed by atoms with van der Waals surface area (Å²) in [5.41, 5.74) is 4.14. The summed E-state index contributed by atoms with van der Waals surface area (Å²) in [5, 5.41) is 9.51. The van der Waals surface area contributed by atoms with E-state index in [0.717, 1.165) is 22.4 Å². The Morgan fingerprint density at radius 3 is 2.36 bits per heavy atom. The number of hydrogen-bond acceptors (Lipinski definition) is 3. The maximum atomic E-state index is 9.51. The minimum absolute atomic E-state index is 0.536. The second-order valence-electron chi connectivity index (χ2n) is 4.79. The molecule has 0 aliphatic rings. The van der Waals surface area contributed by atoms with Gasteiger partial charge in [-0.1, -0.05) is 36.4 Å². The highest BCUT2D eigenvalue weighted by atomic mass is 16.5. The lowest BCUT2D eigenvalue weighted by Gasteiger charge is -2.12. The average molecular weight is 286 g/mol. The molecule has 3 rings (SSSR count). The second-order valence-corrected chi connectivity index (χ2v) is 4.79. The fourth-order valence-corrected chi connectivity index (χ4v) is 2.42. The van der Waals surface area contributed by atoms with Crippen molar-refractivity contribution >= 4 is 0 Å². The van der Waals surface area contributed by atoms with E-state index >= 15 is 0 Å². The molecule has 0 amide bonds. The summed E-state index contributed by atoms with van der Waals surface area (Å²) in [5.74, 6) is 0.560. The van der Waals surface area contributed by atoms with Gasteiger partial charge in [0.25, 0.3) is 0 Å². The van der Waals surface area contributed by atoms with Crippen LogP contribution >= 0.6 is 0 Å². The van der Waals surface area contributed by atoms with Gasteiger partial charge in [0.1, 0.15) is 17.4 Å². The Bertz CT molecular complexity index is 821. The molecule has 1 heterocycles. The first kappa shape index (κ1) is 13.8. The molecule has 3 aromatic rings. The maximum absolute atomic E-state index is 9.51. The summed E-state index contributed by atoms with van der Waals surface area (Å²) in [6.45, 7) is 0. The predicted octanol–water partition coefficient (Wildman–Crippen LogP) is 4.30. The molecule has 0 fully saturated rings. The number of hydrogen-bond donors (Lipinski definition) is 0. The first-order valence-corrected chi connectivity index (χ1v) is 6.92. The topological polar surface area (TPSA) is 45.9 Å². The number of rotatable bonds is 3. The largest absolute Gasteiger partial charge is 0.495 e. The fourth-order valence-electron chi connectivity index (χ4n) is 2.42. The molecule has 0 N–H and O–H groups in total. The lowest BCUT2D eigenvalue weighted by molar-refractivity contribution is 0.414. The Morgan fingerprint density at radius 1 is 0.955 bits per heavy atom. The van der Waals surface area contributed by atoms with E-state index < -0.39 is 0 Å². The first-order chi connectivity index (χ1) is 10.8. The van der Waals surface area contributed by atoms with Gasteiger partial charge in [-0.25, -0.2) is 0 Å². The molecule has 0 unspecified atom stereocenters. The van der Waals surface area contributed by atoms with Crippen molar-refractivity contribution in [3.05, 3.63) is 72.4 Å². The molecule has 1 aromatic heterocycles. The van der Waals surface area contributed by atoms with Crippen molar-refractivity contribution in [3.8, 4) is 34.2 Å². The minimum atomic E-state index is 0.536. The summed E-state index contributed by atoms with van der Waals surface area (Å²) in [6, 6.07) is 21.7. The number of nitrogens with zero attached hydrogens (tertiary/aromatic N) is 2. The summed E-state index contributed by atoms with van der Waals surface area (Å²) in [7, 11) is 1.58. The molecule has 0 radical (unpaired) electrons. The number of methoxy groups -OCH3 is 1. The van der Waals surface area contributed by atoms with Crippen molar-refractivity contribution in [1.29, 1.82) is 5.26 Å². The van der Waals surface area contributed by atoms with Gasteiger partial charge in [-0.05, 0) is 29.8 Å². The van der Waals surface area contributed by atoms with Gasteiger partial charge in [-0.2, -0.15) is 5.26 Å². The summed E-state index contributed by atoms with van der Waals surface area (Å²) >= 11 is 0. The number of benzene rings is 2. The van der Waals surface area contributed by atoms with Crippen molar-refractivity contribution in [2.24, 2.45) is 0 Å². The third-order valence-corrected chi connectivity index (χ3v) is 3.48. The Hall–Kier alpha value is -3.12. The van der Waals surface area contributed by atoms with Crippen LogP contribution in [0.5, 0.6) is 5.75 Å². The van der Waals surface area contributed by atoms with Crippen molar-refractivity contribution in [2.75, 3.05) is 7.11 Å². The Kier molecular flexibility index (Phi) is 3.84. The standard InChI is InChI=1S/C19H14N2O/c1-22-19-12-15(18-9-5-6-10-21-18)11-16(17(19)13-20)14-7-3-2-4-8-14/h2-12H,1H3. The summed E-state index contributed by atoms with van der Waals surface area (Å²) < 4.78 is 5.41. The molecule has 3 nitrogen and oxygen atoms in total. The Balaban J connectivity index is 2.26. The van der Waals surface area contributed by atoms with Gasteiger partial charge < -0.3 is 4.74 Å². The smallest absolute Gasteiger partial charge is 0.137 e.